The molecule has 2 aromatic rings. The van der Waals surface area contributed by atoms with Gasteiger partial charge in [-0.25, -0.2) is 0 Å². The second-order valence-corrected chi connectivity index (χ2v) is 5.43. The SMILES string of the molecule is C[C@H](NCc1cc2ccccc2[nH]c1=O)[C@H]1CCCO1. The van der Waals surface area contributed by atoms with Crippen LogP contribution in [0.25, 0.3) is 10.9 Å². The lowest BCUT2D eigenvalue weighted by Gasteiger charge is -2.19. The van der Waals surface area contributed by atoms with Crippen molar-refractivity contribution in [1.82, 2.24) is 10.3 Å². The van der Waals surface area contributed by atoms with Gasteiger partial charge in [-0.3, -0.25) is 4.79 Å². The van der Waals surface area contributed by atoms with Crippen LogP contribution in [0.1, 0.15) is 25.3 Å². The van der Waals surface area contributed by atoms with E-state index in [9.17, 15) is 4.79 Å². The van der Waals surface area contributed by atoms with Gasteiger partial charge in [-0.05, 0) is 37.3 Å². The summed E-state index contributed by atoms with van der Waals surface area (Å²) in [6, 6.07) is 10.1. The highest BCUT2D eigenvalue weighted by atomic mass is 16.5. The van der Waals surface area contributed by atoms with Gasteiger partial charge in [0.1, 0.15) is 0 Å². The van der Waals surface area contributed by atoms with Gasteiger partial charge in [0.2, 0.25) is 0 Å². The Labute approximate surface area is 118 Å². The van der Waals surface area contributed by atoms with Crippen LogP contribution < -0.4 is 10.9 Å². The Balaban J connectivity index is 1.73. The summed E-state index contributed by atoms with van der Waals surface area (Å²) in [6.07, 6.45) is 2.50. The molecule has 0 radical (unpaired) electrons. The van der Waals surface area contributed by atoms with Crippen molar-refractivity contribution in [2.24, 2.45) is 0 Å². The summed E-state index contributed by atoms with van der Waals surface area (Å²) < 4.78 is 5.66. The maximum absolute atomic E-state index is 12.0. The highest BCUT2D eigenvalue weighted by molar-refractivity contribution is 5.78. The number of aromatic amines is 1. The van der Waals surface area contributed by atoms with Crippen LogP contribution >= 0.6 is 0 Å². The molecule has 0 spiro atoms. The molecule has 0 unspecified atom stereocenters. The molecule has 2 heterocycles. The first-order chi connectivity index (χ1) is 9.74. The summed E-state index contributed by atoms with van der Waals surface area (Å²) in [4.78, 5) is 15.0. The van der Waals surface area contributed by atoms with Crippen LogP contribution in [0.4, 0.5) is 0 Å². The molecule has 2 atom stereocenters. The quantitative estimate of drug-likeness (QED) is 0.897. The van der Waals surface area contributed by atoms with Crippen LogP contribution in [0, 0.1) is 0 Å². The number of pyridine rings is 1. The molecule has 1 aromatic heterocycles. The average molecular weight is 272 g/mol. The van der Waals surface area contributed by atoms with Gasteiger partial charge in [-0.1, -0.05) is 18.2 Å². The Morgan fingerprint density at radius 3 is 3.10 bits per heavy atom. The second-order valence-electron chi connectivity index (χ2n) is 5.43. The van der Waals surface area contributed by atoms with Crippen molar-refractivity contribution in [2.45, 2.75) is 38.5 Å². The fourth-order valence-corrected chi connectivity index (χ4v) is 2.72. The van der Waals surface area contributed by atoms with Crippen molar-refractivity contribution in [3.8, 4) is 0 Å². The van der Waals surface area contributed by atoms with E-state index in [1.807, 2.05) is 30.3 Å². The number of H-pyrrole nitrogens is 1. The molecular weight excluding hydrogens is 252 g/mol. The minimum Gasteiger partial charge on any atom is -0.377 e. The molecule has 1 aromatic carbocycles. The maximum atomic E-state index is 12.0. The fourth-order valence-electron chi connectivity index (χ4n) is 2.72. The van der Waals surface area contributed by atoms with Gasteiger partial charge in [0, 0.05) is 30.3 Å². The van der Waals surface area contributed by atoms with Crippen LogP contribution in [0.2, 0.25) is 0 Å². The molecule has 0 aliphatic carbocycles. The topological polar surface area (TPSA) is 54.1 Å². The first kappa shape index (κ1) is 13.3. The van der Waals surface area contributed by atoms with Crippen LogP contribution in [0.5, 0.6) is 0 Å². The van der Waals surface area contributed by atoms with E-state index in [0.717, 1.165) is 35.9 Å². The minimum absolute atomic E-state index is 0.0178. The van der Waals surface area contributed by atoms with Gasteiger partial charge in [-0.2, -0.15) is 0 Å². The zero-order chi connectivity index (χ0) is 13.9. The molecule has 4 heteroatoms. The number of aromatic nitrogens is 1. The molecule has 20 heavy (non-hydrogen) atoms. The summed E-state index contributed by atoms with van der Waals surface area (Å²) in [7, 11) is 0. The van der Waals surface area contributed by atoms with Gasteiger partial charge in [0.05, 0.1) is 6.10 Å². The molecule has 1 saturated heterocycles. The number of ether oxygens (including phenoxy) is 1. The lowest BCUT2D eigenvalue weighted by atomic mass is 10.1. The lowest BCUT2D eigenvalue weighted by Crippen LogP contribution is -2.37. The summed E-state index contributed by atoms with van der Waals surface area (Å²) in [5.41, 5.74) is 1.64. The third-order valence-electron chi connectivity index (χ3n) is 3.97. The van der Waals surface area contributed by atoms with Crippen molar-refractivity contribution in [2.75, 3.05) is 6.61 Å². The molecule has 4 nitrogen and oxygen atoms in total. The Morgan fingerprint density at radius 2 is 2.30 bits per heavy atom. The third kappa shape index (κ3) is 2.76. The summed E-state index contributed by atoms with van der Waals surface area (Å²) in [6.45, 7) is 3.54. The number of benzene rings is 1. The Morgan fingerprint density at radius 1 is 1.45 bits per heavy atom. The highest BCUT2D eigenvalue weighted by Crippen LogP contribution is 2.16. The molecule has 1 aliphatic heterocycles. The van der Waals surface area contributed by atoms with E-state index in [1.165, 1.54) is 0 Å². The number of para-hydroxylation sites is 1. The third-order valence-corrected chi connectivity index (χ3v) is 3.97. The predicted octanol–water partition coefficient (Wildman–Crippen LogP) is 2.19. The fraction of sp³-hybridized carbons (Fsp3) is 0.438. The van der Waals surface area contributed by atoms with Crippen LogP contribution in [-0.4, -0.2) is 23.7 Å². The zero-order valence-electron chi connectivity index (χ0n) is 11.7. The Kier molecular flexibility index (Phi) is 3.85. The van der Waals surface area contributed by atoms with Crippen molar-refractivity contribution in [1.29, 1.82) is 0 Å². The first-order valence-electron chi connectivity index (χ1n) is 7.20. The predicted molar refractivity (Wildman–Crippen MR) is 79.8 cm³/mol. The first-order valence-corrected chi connectivity index (χ1v) is 7.20. The standard InChI is InChI=1S/C16H20N2O2/c1-11(15-7-4-8-20-15)17-10-13-9-12-5-2-3-6-14(12)18-16(13)19/h2-3,5-6,9,11,15,17H,4,7-8,10H2,1H3,(H,18,19)/t11-,15+/m0/s1. The molecule has 3 rings (SSSR count). The zero-order valence-corrected chi connectivity index (χ0v) is 11.7. The van der Waals surface area contributed by atoms with Crippen molar-refractivity contribution >= 4 is 10.9 Å². The minimum atomic E-state index is -0.0178. The summed E-state index contributed by atoms with van der Waals surface area (Å²) >= 11 is 0. The molecule has 0 bridgehead atoms. The van der Waals surface area contributed by atoms with Gasteiger partial charge < -0.3 is 15.0 Å². The number of rotatable bonds is 4. The van der Waals surface area contributed by atoms with Crippen molar-refractivity contribution in [3.05, 3.63) is 46.2 Å². The summed E-state index contributed by atoms with van der Waals surface area (Å²) in [5, 5.41) is 4.46. The van der Waals surface area contributed by atoms with Gasteiger partial charge >= 0.3 is 0 Å². The second kappa shape index (κ2) is 5.77. The highest BCUT2D eigenvalue weighted by Gasteiger charge is 2.21. The average Bonchev–Trinajstić information content (AvgIpc) is 2.99. The van der Waals surface area contributed by atoms with E-state index in [1.54, 1.807) is 0 Å². The Bertz CT molecular complexity index is 644. The van der Waals surface area contributed by atoms with E-state index >= 15 is 0 Å². The maximum Gasteiger partial charge on any atom is 0.252 e. The van der Waals surface area contributed by atoms with Gasteiger partial charge in [-0.15, -0.1) is 0 Å². The van der Waals surface area contributed by atoms with E-state index in [-0.39, 0.29) is 17.7 Å². The molecule has 0 saturated carbocycles. The van der Waals surface area contributed by atoms with E-state index < -0.39 is 0 Å². The smallest absolute Gasteiger partial charge is 0.252 e. The van der Waals surface area contributed by atoms with Crippen molar-refractivity contribution in [3.63, 3.8) is 0 Å². The van der Waals surface area contributed by atoms with Crippen LogP contribution in [0.15, 0.2) is 35.1 Å². The number of fused-ring (bicyclic) bond motifs is 1. The van der Waals surface area contributed by atoms with Crippen molar-refractivity contribution < 1.29 is 4.74 Å². The molecule has 1 aliphatic rings. The van der Waals surface area contributed by atoms with Gasteiger partial charge in [0.15, 0.2) is 0 Å². The number of nitrogens with one attached hydrogen (secondary N) is 2. The number of hydrogen-bond donors (Lipinski definition) is 2. The number of hydrogen-bond acceptors (Lipinski definition) is 3. The largest absolute Gasteiger partial charge is 0.377 e. The Hall–Kier alpha value is -1.65. The van der Waals surface area contributed by atoms with E-state index in [0.29, 0.717) is 6.54 Å². The molecule has 0 amide bonds. The van der Waals surface area contributed by atoms with Crippen LogP contribution in [0.3, 0.4) is 0 Å². The lowest BCUT2D eigenvalue weighted by molar-refractivity contribution is 0.0831. The molecule has 1 fully saturated rings. The normalized spacial score (nSPS) is 20.4. The summed E-state index contributed by atoms with van der Waals surface area (Å²) in [5.74, 6) is 0. The monoisotopic (exact) mass is 272 g/mol. The van der Waals surface area contributed by atoms with Gasteiger partial charge in [0.25, 0.3) is 5.56 Å². The van der Waals surface area contributed by atoms with Crippen LogP contribution in [-0.2, 0) is 11.3 Å². The molecule has 106 valence electrons. The molecule has 2 N–H and O–H groups in total. The van der Waals surface area contributed by atoms with E-state index in [4.69, 9.17) is 4.74 Å². The molecular formula is C16H20N2O2. The van der Waals surface area contributed by atoms with E-state index in [2.05, 4.69) is 17.2 Å².